The molecule has 3 rings (SSSR count). The number of hydrogen-bond donors (Lipinski definition) is 2. The lowest BCUT2D eigenvalue weighted by Crippen LogP contribution is -2.36. The number of hydrogen-bond acceptors (Lipinski definition) is 5. The maximum Gasteiger partial charge on any atom is 0.254 e. The highest BCUT2D eigenvalue weighted by Crippen LogP contribution is 2.39. The molecule has 1 aliphatic heterocycles. The molecular weight excluding hydrogens is 379 g/mol. The summed E-state index contributed by atoms with van der Waals surface area (Å²) in [6.07, 6.45) is 0.0507. The van der Waals surface area contributed by atoms with E-state index in [-0.39, 0.29) is 10.6 Å². The van der Waals surface area contributed by atoms with E-state index < -0.39 is 55.8 Å². The maximum absolute atomic E-state index is 13.9. The van der Waals surface area contributed by atoms with Crippen molar-refractivity contribution in [2.45, 2.75) is 28.8 Å². The summed E-state index contributed by atoms with van der Waals surface area (Å²) >= 11 is 1.01. The second kappa shape index (κ2) is 6.03. The standard InChI is InChI=1S/C15H12F3NO4S2/c1-6-4-10(7-2-3-24-15(7)25(6,22)23)19-14(21)8-5-9(16)12(18)13(20)11(8)17/h2-3,5-6,10,20H,4H2,1H3,(H,19,21)/t6-,10-/m0/s1. The second-order valence-corrected chi connectivity index (χ2v) is 9.14. The molecule has 25 heavy (non-hydrogen) atoms. The number of nitrogens with one attached hydrogen (secondary N) is 1. The molecule has 1 aromatic heterocycles. The van der Waals surface area contributed by atoms with Gasteiger partial charge in [0.05, 0.1) is 16.9 Å². The van der Waals surface area contributed by atoms with Crippen molar-refractivity contribution in [3.8, 4) is 5.75 Å². The van der Waals surface area contributed by atoms with E-state index in [1.807, 2.05) is 0 Å². The van der Waals surface area contributed by atoms with E-state index in [1.165, 1.54) is 13.0 Å². The van der Waals surface area contributed by atoms with Crippen molar-refractivity contribution >= 4 is 27.1 Å². The molecule has 10 heteroatoms. The van der Waals surface area contributed by atoms with Crippen molar-refractivity contribution in [2.75, 3.05) is 0 Å². The van der Waals surface area contributed by atoms with E-state index in [1.54, 1.807) is 5.38 Å². The smallest absolute Gasteiger partial charge is 0.254 e. The van der Waals surface area contributed by atoms with Gasteiger partial charge in [0.15, 0.2) is 27.2 Å². The highest BCUT2D eigenvalue weighted by atomic mass is 32.2. The summed E-state index contributed by atoms with van der Waals surface area (Å²) < 4.78 is 65.0. The van der Waals surface area contributed by atoms with Crippen LogP contribution in [0.1, 0.15) is 35.3 Å². The van der Waals surface area contributed by atoms with Crippen molar-refractivity contribution in [1.29, 1.82) is 0 Å². The van der Waals surface area contributed by atoms with Gasteiger partial charge in [0, 0.05) is 5.56 Å². The summed E-state index contributed by atoms with van der Waals surface area (Å²) in [4.78, 5) is 12.3. The molecular formula is C15H12F3NO4S2. The van der Waals surface area contributed by atoms with Crippen LogP contribution in [-0.2, 0) is 9.84 Å². The molecule has 2 heterocycles. The van der Waals surface area contributed by atoms with Crippen LogP contribution in [0.4, 0.5) is 13.2 Å². The third-order valence-electron chi connectivity index (χ3n) is 4.07. The number of phenolic OH excluding ortho intramolecular Hbond substituents is 1. The Kier molecular flexibility index (Phi) is 4.28. The Morgan fingerprint density at radius 2 is 2.00 bits per heavy atom. The average Bonchev–Trinajstić information content (AvgIpc) is 3.05. The molecule has 2 aromatic rings. The number of halogens is 3. The van der Waals surface area contributed by atoms with Crippen LogP contribution < -0.4 is 5.32 Å². The number of phenols is 1. The molecule has 0 bridgehead atoms. The monoisotopic (exact) mass is 391 g/mol. The fourth-order valence-electron chi connectivity index (χ4n) is 2.69. The highest BCUT2D eigenvalue weighted by Gasteiger charge is 2.38. The van der Waals surface area contributed by atoms with Gasteiger partial charge in [-0.25, -0.2) is 17.2 Å². The van der Waals surface area contributed by atoms with Crippen LogP contribution in [0.5, 0.6) is 5.75 Å². The van der Waals surface area contributed by atoms with E-state index >= 15 is 0 Å². The largest absolute Gasteiger partial charge is 0.503 e. The lowest BCUT2D eigenvalue weighted by atomic mass is 10.0. The summed E-state index contributed by atoms with van der Waals surface area (Å²) in [6.45, 7) is 1.49. The Balaban J connectivity index is 1.96. The van der Waals surface area contributed by atoms with Gasteiger partial charge in [0.1, 0.15) is 4.21 Å². The zero-order chi connectivity index (χ0) is 18.5. The Morgan fingerprint density at radius 3 is 2.68 bits per heavy atom. The van der Waals surface area contributed by atoms with Gasteiger partial charge in [0.2, 0.25) is 5.82 Å². The number of carbonyl (C=O) groups excluding carboxylic acids is 1. The second-order valence-electron chi connectivity index (χ2n) is 5.66. The summed E-state index contributed by atoms with van der Waals surface area (Å²) in [7, 11) is -3.49. The fraction of sp³-hybridized carbons (Fsp3) is 0.267. The van der Waals surface area contributed by atoms with E-state index in [9.17, 15) is 31.5 Å². The first-order valence-corrected chi connectivity index (χ1v) is 9.55. The normalized spacial score (nSPS) is 21.6. The third-order valence-corrected chi connectivity index (χ3v) is 7.78. The Bertz CT molecular complexity index is 971. The summed E-state index contributed by atoms with van der Waals surface area (Å²) in [5.41, 5.74) is -0.502. The lowest BCUT2D eigenvalue weighted by Gasteiger charge is -2.28. The van der Waals surface area contributed by atoms with E-state index in [0.717, 1.165) is 11.3 Å². The van der Waals surface area contributed by atoms with Crippen molar-refractivity contribution in [2.24, 2.45) is 0 Å². The number of aromatic hydroxyl groups is 1. The molecule has 1 aromatic carbocycles. The topological polar surface area (TPSA) is 83.5 Å². The van der Waals surface area contributed by atoms with E-state index in [2.05, 4.69) is 5.32 Å². The van der Waals surface area contributed by atoms with Crippen LogP contribution in [0.25, 0.3) is 0 Å². The third kappa shape index (κ3) is 2.78. The molecule has 2 N–H and O–H groups in total. The molecule has 0 fully saturated rings. The minimum absolute atomic E-state index is 0.0507. The van der Waals surface area contributed by atoms with Gasteiger partial charge < -0.3 is 10.4 Å². The molecule has 1 amide bonds. The minimum atomic E-state index is -3.49. The Labute approximate surface area is 145 Å². The number of fused-ring (bicyclic) bond motifs is 1. The molecule has 134 valence electrons. The number of rotatable bonds is 2. The van der Waals surface area contributed by atoms with Crippen molar-refractivity contribution < 1.29 is 31.5 Å². The molecule has 0 saturated carbocycles. The van der Waals surface area contributed by atoms with Gasteiger partial charge in [-0.2, -0.15) is 4.39 Å². The molecule has 1 aliphatic rings. The first-order chi connectivity index (χ1) is 11.6. The number of benzene rings is 1. The first kappa shape index (κ1) is 17.7. The first-order valence-electron chi connectivity index (χ1n) is 7.13. The van der Waals surface area contributed by atoms with Gasteiger partial charge in [-0.3, -0.25) is 4.79 Å². The van der Waals surface area contributed by atoms with Crippen LogP contribution in [0.3, 0.4) is 0 Å². The van der Waals surface area contributed by atoms with Crippen molar-refractivity contribution in [3.05, 3.63) is 46.1 Å². The molecule has 0 unspecified atom stereocenters. The highest BCUT2D eigenvalue weighted by molar-refractivity contribution is 7.94. The summed E-state index contributed by atoms with van der Waals surface area (Å²) in [5.74, 6) is -7.61. The zero-order valence-corrected chi connectivity index (χ0v) is 14.3. The van der Waals surface area contributed by atoms with Gasteiger partial charge in [0.25, 0.3) is 5.91 Å². The van der Waals surface area contributed by atoms with Crippen LogP contribution >= 0.6 is 11.3 Å². The SMILES string of the molecule is C[C@H]1C[C@H](NC(=O)c2cc(F)c(F)c(O)c2F)c2ccsc2S1(=O)=O. The molecule has 0 radical (unpaired) electrons. The molecule has 2 atom stereocenters. The number of sulfone groups is 1. The predicted molar refractivity (Wildman–Crippen MR) is 83.8 cm³/mol. The van der Waals surface area contributed by atoms with Gasteiger partial charge in [-0.05, 0) is 30.9 Å². The lowest BCUT2D eigenvalue weighted by molar-refractivity contribution is 0.0927. The Morgan fingerprint density at radius 1 is 1.32 bits per heavy atom. The maximum atomic E-state index is 13.9. The van der Waals surface area contributed by atoms with Gasteiger partial charge in [-0.15, -0.1) is 11.3 Å². The number of thiophene rings is 1. The van der Waals surface area contributed by atoms with Gasteiger partial charge >= 0.3 is 0 Å². The predicted octanol–water partition coefficient (Wildman–Crippen LogP) is 2.91. The number of carbonyl (C=O) groups is 1. The number of amides is 1. The summed E-state index contributed by atoms with van der Waals surface area (Å²) in [6, 6.07) is 1.15. The van der Waals surface area contributed by atoms with Crippen LogP contribution in [-0.4, -0.2) is 24.7 Å². The average molecular weight is 391 g/mol. The molecule has 0 aliphatic carbocycles. The Hall–Kier alpha value is -2.07. The van der Waals surface area contributed by atoms with E-state index in [0.29, 0.717) is 11.6 Å². The molecule has 5 nitrogen and oxygen atoms in total. The van der Waals surface area contributed by atoms with E-state index in [4.69, 9.17) is 0 Å². The fourth-order valence-corrected chi connectivity index (χ4v) is 5.92. The van der Waals surface area contributed by atoms with Crippen molar-refractivity contribution in [3.63, 3.8) is 0 Å². The molecule has 0 saturated heterocycles. The van der Waals surface area contributed by atoms with Gasteiger partial charge in [-0.1, -0.05) is 0 Å². The van der Waals surface area contributed by atoms with Crippen molar-refractivity contribution in [1.82, 2.24) is 5.32 Å². The summed E-state index contributed by atoms with van der Waals surface area (Å²) in [5, 5.41) is 12.4. The van der Waals surface area contributed by atoms with Crippen LogP contribution in [0, 0.1) is 17.5 Å². The van der Waals surface area contributed by atoms with Crippen LogP contribution in [0.15, 0.2) is 21.7 Å². The molecule has 0 spiro atoms. The van der Waals surface area contributed by atoms with Crippen LogP contribution in [0.2, 0.25) is 0 Å². The quantitative estimate of drug-likeness (QED) is 0.771. The minimum Gasteiger partial charge on any atom is -0.503 e. The zero-order valence-electron chi connectivity index (χ0n) is 12.7.